The standard InChI is InChI=1S/C40H57ClNO7PSSi/c1-28(40(38(3,4)5,42-37(43)49-39(6,7)8)29(2)36(27-48-52)50(44,45-9)46-10)16-14-19-31-22-23-34(25-35(31)41)51-33-21-15-20-32(24-33)47-26-30-17-12-11-13-18-30/h11-13,15,17-18,20-25,28H,14,16,19,26-27H2,1-10,52H3,(H,42,43). The molecule has 286 valence electrons. The quantitative estimate of drug-likeness (QED) is 0.107. The number of halogens is 1. The van der Waals surface area contributed by atoms with Crippen LogP contribution in [-0.2, 0) is 35.8 Å². The zero-order valence-corrected chi connectivity index (χ0v) is 37.1. The summed E-state index contributed by atoms with van der Waals surface area (Å²) < 4.78 is 42.4. The van der Waals surface area contributed by atoms with Crippen molar-refractivity contribution < 1.29 is 32.3 Å². The Hall–Kier alpha value is -2.56. The molecule has 12 heteroatoms. The van der Waals surface area contributed by atoms with Crippen molar-refractivity contribution in [3.05, 3.63) is 99.8 Å². The largest absolute Gasteiger partial charge is 0.489 e. The monoisotopic (exact) mass is 789 g/mol. The van der Waals surface area contributed by atoms with E-state index in [1.165, 1.54) is 14.2 Å². The second-order valence-electron chi connectivity index (χ2n) is 14.9. The first-order valence-corrected chi connectivity index (χ1v) is 21.1. The van der Waals surface area contributed by atoms with Crippen LogP contribution in [0.15, 0.2) is 93.5 Å². The summed E-state index contributed by atoms with van der Waals surface area (Å²) in [6.07, 6.45) is 1.67. The molecule has 0 radical (unpaired) electrons. The lowest BCUT2D eigenvalue weighted by molar-refractivity contribution is 0.0282. The number of benzene rings is 3. The molecule has 2 atom stereocenters. The van der Waals surface area contributed by atoms with Crippen LogP contribution in [0.25, 0.3) is 0 Å². The minimum atomic E-state index is -3.73. The van der Waals surface area contributed by atoms with E-state index in [0.717, 1.165) is 39.5 Å². The summed E-state index contributed by atoms with van der Waals surface area (Å²) in [5, 5.41) is 4.36. The number of ether oxygens (including phenoxy) is 2. The Morgan fingerprint density at radius 3 is 2.17 bits per heavy atom. The van der Waals surface area contributed by atoms with Crippen molar-refractivity contribution in [1.82, 2.24) is 5.32 Å². The molecule has 0 aromatic heterocycles. The maximum atomic E-state index is 13.9. The van der Waals surface area contributed by atoms with E-state index in [2.05, 4.69) is 51.2 Å². The molecule has 0 saturated carbocycles. The van der Waals surface area contributed by atoms with Gasteiger partial charge in [0.1, 0.15) is 28.4 Å². The van der Waals surface area contributed by atoms with E-state index < -0.39 is 30.2 Å². The number of carbonyl (C=O) groups excluding carboxylic acids is 1. The predicted octanol–water partition coefficient (Wildman–Crippen LogP) is 10.4. The molecule has 2 unspecified atom stereocenters. The Morgan fingerprint density at radius 1 is 0.942 bits per heavy atom. The molecule has 3 rings (SSSR count). The average molecular weight is 790 g/mol. The van der Waals surface area contributed by atoms with Crippen molar-refractivity contribution in [2.75, 3.05) is 20.8 Å². The Bertz CT molecular complexity index is 1700. The molecule has 0 heterocycles. The number of amides is 1. The van der Waals surface area contributed by atoms with Gasteiger partial charge in [-0.25, -0.2) is 4.79 Å². The van der Waals surface area contributed by atoms with Crippen LogP contribution in [-0.4, -0.2) is 48.5 Å². The van der Waals surface area contributed by atoms with Crippen molar-refractivity contribution in [2.45, 2.75) is 102 Å². The van der Waals surface area contributed by atoms with E-state index in [9.17, 15) is 9.36 Å². The smallest absolute Gasteiger partial charge is 0.408 e. The van der Waals surface area contributed by atoms with Crippen molar-refractivity contribution in [1.29, 1.82) is 0 Å². The van der Waals surface area contributed by atoms with Crippen LogP contribution in [0.1, 0.15) is 79.4 Å². The highest BCUT2D eigenvalue weighted by Gasteiger charge is 2.52. The molecule has 1 N–H and O–H groups in total. The third-order valence-electron chi connectivity index (χ3n) is 9.13. The molecule has 0 aliphatic carbocycles. The van der Waals surface area contributed by atoms with Gasteiger partial charge in [0.25, 0.3) is 0 Å². The molecule has 0 saturated heterocycles. The number of hydrogen-bond acceptors (Lipinski definition) is 8. The maximum Gasteiger partial charge on any atom is 0.408 e. The van der Waals surface area contributed by atoms with Crippen LogP contribution in [0.3, 0.4) is 0 Å². The molecule has 52 heavy (non-hydrogen) atoms. The van der Waals surface area contributed by atoms with Gasteiger partial charge in [0.2, 0.25) is 0 Å². The van der Waals surface area contributed by atoms with Crippen LogP contribution in [0.2, 0.25) is 5.02 Å². The van der Waals surface area contributed by atoms with Gasteiger partial charge in [-0.05, 0) is 105 Å². The van der Waals surface area contributed by atoms with Crippen LogP contribution in [0.4, 0.5) is 4.79 Å². The highest BCUT2D eigenvalue weighted by Crippen LogP contribution is 2.59. The van der Waals surface area contributed by atoms with Gasteiger partial charge in [0.15, 0.2) is 0 Å². The minimum absolute atomic E-state index is 0.0581. The fourth-order valence-corrected chi connectivity index (χ4v) is 9.95. The highest BCUT2D eigenvalue weighted by molar-refractivity contribution is 7.99. The number of aryl methyl sites for hydroxylation is 1. The second kappa shape index (κ2) is 19.2. The summed E-state index contributed by atoms with van der Waals surface area (Å²) in [5.74, 6) is 0.669. The summed E-state index contributed by atoms with van der Waals surface area (Å²) in [6, 6.07) is 24.3. The van der Waals surface area contributed by atoms with E-state index in [4.69, 9.17) is 34.5 Å². The molecular weight excluding hydrogens is 733 g/mol. The van der Waals surface area contributed by atoms with E-state index in [-0.39, 0.29) is 12.5 Å². The predicted molar refractivity (Wildman–Crippen MR) is 217 cm³/mol. The average Bonchev–Trinajstić information content (AvgIpc) is 3.08. The summed E-state index contributed by atoms with van der Waals surface area (Å²) in [6.45, 7) is 16.2. The van der Waals surface area contributed by atoms with E-state index >= 15 is 0 Å². The van der Waals surface area contributed by atoms with E-state index in [1.54, 1.807) is 11.8 Å². The first-order valence-electron chi connectivity index (χ1n) is 17.5. The van der Waals surface area contributed by atoms with E-state index in [0.29, 0.717) is 39.4 Å². The number of alkyl carbamates (subject to hydrolysis) is 1. The number of carbonyl (C=O) groups is 1. The molecule has 0 bridgehead atoms. The summed E-state index contributed by atoms with van der Waals surface area (Å²) in [7, 11) is -0.591. The molecule has 8 nitrogen and oxygen atoms in total. The molecule has 0 fully saturated rings. The molecule has 3 aromatic rings. The zero-order chi connectivity index (χ0) is 38.7. The lowest BCUT2D eigenvalue weighted by Crippen LogP contribution is -2.63. The third-order valence-corrected chi connectivity index (χ3v) is 12.8. The number of nitrogens with one attached hydrogen (secondary N) is 1. The van der Waals surface area contributed by atoms with Gasteiger partial charge in [0.05, 0.1) is 17.5 Å². The fraction of sp³-hybridized carbons (Fsp3) is 0.475. The third kappa shape index (κ3) is 11.7. The van der Waals surface area contributed by atoms with Gasteiger partial charge in [-0.15, -0.1) is 0 Å². The van der Waals surface area contributed by atoms with Crippen LogP contribution >= 0.6 is 31.0 Å². The zero-order valence-electron chi connectivity index (χ0n) is 32.6. The molecule has 0 aliphatic heterocycles. The number of rotatable bonds is 17. The Labute approximate surface area is 323 Å². The van der Waals surface area contributed by atoms with Crippen LogP contribution in [0, 0.1) is 11.3 Å². The summed E-state index contributed by atoms with van der Waals surface area (Å²) >= 11 is 8.51. The van der Waals surface area contributed by atoms with Crippen molar-refractivity contribution >= 4 is 47.5 Å². The van der Waals surface area contributed by atoms with Crippen LogP contribution in [0.5, 0.6) is 5.75 Å². The summed E-state index contributed by atoms with van der Waals surface area (Å²) in [4.78, 5) is 15.7. The Kier molecular flexibility index (Phi) is 16.1. The Morgan fingerprint density at radius 2 is 1.60 bits per heavy atom. The van der Waals surface area contributed by atoms with Gasteiger partial charge in [-0.1, -0.05) is 93.5 Å². The topological polar surface area (TPSA) is 92.3 Å². The highest BCUT2D eigenvalue weighted by atomic mass is 35.5. The molecule has 3 aromatic carbocycles. The lowest BCUT2D eigenvalue weighted by Gasteiger charge is -2.51. The van der Waals surface area contributed by atoms with Crippen molar-refractivity contribution in [2.24, 2.45) is 11.3 Å². The minimum Gasteiger partial charge on any atom is -0.489 e. The fourth-order valence-electron chi connectivity index (χ4n) is 6.71. The van der Waals surface area contributed by atoms with Gasteiger partial charge >= 0.3 is 13.7 Å². The van der Waals surface area contributed by atoms with Gasteiger partial charge in [0, 0.05) is 29.0 Å². The first kappa shape index (κ1) is 43.8. The first-order chi connectivity index (χ1) is 24.4. The van der Waals surface area contributed by atoms with E-state index in [1.807, 2.05) is 82.3 Å². The molecular formula is C40H57ClNO7PSSi. The number of hydrogen-bond donors (Lipinski definition) is 1. The molecule has 1 amide bonds. The second-order valence-corrected chi connectivity index (χ2v) is 19.3. The SMILES string of the molecule is COP(=O)(OC)C(CO[SiH3])=C(C)C(NC(=O)OC(C)(C)C)(C(C)CCCc1ccc(Sc2cccc(OCc3ccccc3)c2)cc1Cl)C(C)(C)C. The summed E-state index contributed by atoms with van der Waals surface area (Å²) in [5.41, 5.74) is 0.546. The van der Waals surface area contributed by atoms with Gasteiger partial charge in [-0.2, -0.15) is 0 Å². The van der Waals surface area contributed by atoms with Gasteiger partial charge < -0.3 is 28.3 Å². The molecule has 0 aliphatic rings. The van der Waals surface area contributed by atoms with Crippen molar-refractivity contribution in [3.63, 3.8) is 0 Å². The van der Waals surface area contributed by atoms with Gasteiger partial charge in [-0.3, -0.25) is 4.57 Å². The molecule has 0 spiro atoms. The Balaban J connectivity index is 1.84. The lowest BCUT2D eigenvalue weighted by atomic mass is 9.61. The van der Waals surface area contributed by atoms with Crippen LogP contribution < -0.4 is 10.1 Å². The van der Waals surface area contributed by atoms with Crippen molar-refractivity contribution in [3.8, 4) is 5.75 Å². The normalized spacial score (nSPS) is 14.7. The maximum absolute atomic E-state index is 13.9.